The molecule has 0 fully saturated rings. The summed E-state index contributed by atoms with van der Waals surface area (Å²) < 4.78 is 5.31. The van der Waals surface area contributed by atoms with Gasteiger partial charge in [-0.2, -0.15) is 0 Å². The van der Waals surface area contributed by atoms with Gasteiger partial charge in [-0.1, -0.05) is 23.7 Å². The van der Waals surface area contributed by atoms with Crippen LogP contribution >= 0.6 is 11.6 Å². The van der Waals surface area contributed by atoms with Crippen molar-refractivity contribution in [3.63, 3.8) is 0 Å². The highest BCUT2D eigenvalue weighted by Gasteiger charge is 2.25. The Morgan fingerprint density at radius 3 is 2.53 bits per heavy atom. The number of hydrogen-bond acceptors (Lipinski definition) is 3. The highest BCUT2D eigenvalue weighted by molar-refractivity contribution is 6.30. The molecule has 3 atom stereocenters. The Morgan fingerprint density at radius 2 is 2.06 bits per heavy atom. The van der Waals surface area contributed by atoms with Crippen LogP contribution < -0.4 is 0 Å². The van der Waals surface area contributed by atoms with Gasteiger partial charge in [0.25, 0.3) is 0 Å². The molecule has 1 rings (SSSR count). The van der Waals surface area contributed by atoms with E-state index in [1.807, 2.05) is 0 Å². The van der Waals surface area contributed by atoms with E-state index in [0.717, 1.165) is 0 Å². The van der Waals surface area contributed by atoms with E-state index in [1.165, 1.54) is 6.07 Å². The maximum atomic E-state index is 11.1. The van der Waals surface area contributed by atoms with Gasteiger partial charge in [0.1, 0.15) is 0 Å². The van der Waals surface area contributed by atoms with Gasteiger partial charge in [-0.05, 0) is 31.5 Å². The first-order chi connectivity index (χ1) is 7.91. The Bertz CT molecular complexity index is 392. The van der Waals surface area contributed by atoms with Gasteiger partial charge >= 0.3 is 5.97 Å². The van der Waals surface area contributed by atoms with E-state index in [2.05, 4.69) is 0 Å². The summed E-state index contributed by atoms with van der Waals surface area (Å²) >= 11 is 5.79. The van der Waals surface area contributed by atoms with Crippen molar-refractivity contribution in [3.8, 4) is 0 Å². The van der Waals surface area contributed by atoms with Crippen LogP contribution in [-0.4, -0.2) is 28.4 Å². The van der Waals surface area contributed by atoms with Crippen LogP contribution in [0.3, 0.4) is 0 Å². The van der Waals surface area contributed by atoms with Crippen LogP contribution in [-0.2, 0) is 9.53 Å². The normalized spacial score (nSPS) is 16.2. The number of ether oxygens (including phenoxy) is 1. The molecule has 1 aromatic rings. The van der Waals surface area contributed by atoms with Crippen LogP contribution in [0.25, 0.3) is 0 Å². The summed E-state index contributed by atoms with van der Waals surface area (Å²) in [4.78, 5) is 11.1. The number of hydrogen-bond donors (Lipinski definition) is 2. The maximum Gasteiger partial charge on any atom is 0.337 e. The predicted molar refractivity (Wildman–Crippen MR) is 64.1 cm³/mol. The number of carboxylic acids is 1. The topological polar surface area (TPSA) is 66.8 Å². The minimum absolute atomic E-state index is 0.446. The fourth-order valence-electron chi connectivity index (χ4n) is 1.28. The minimum Gasteiger partial charge on any atom is -0.479 e. The zero-order valence-corrected chi connectivity index (χ0v) is 10.4. The Morgan fingerprint density at radius 1 is 1.41 bits per heavy atom. The fraction of sp³-hybridized carbons (Fsp3) is 0.417. The molecule has 0 radical (unpaired) electrons. The monoisotopic (exact) mass is 258 g/mol. The number of aliphatic hydroxyl groups excluding tert-OH is 1. The molecule has 0 heterocycles. The van der Waals surface area contributed by atoms with Crippen LogP contribution in [0.1, 0.15) is 25.5 Å². The number of aliphatic hydroxyl groups is 1. The molecule has 1 aromatic carbocycles. The highest BCUT2D eigenvalue weighted by atomic mass is 35.5. The molecule has 5 heteroatoms. The van der Waals surface area contributed by atoms with Crippen molar-refractivity contribution in [2.24, 2.45) is 0 Å². The van der Waals surface area contributed by atoms with Crippen LogP contribution in [0.15, 0.2) is 24.3 Å². The lowest BCUT2D eigenvalue weighted by molar-refractivity contribution is -0.158. The lowest BCUT2D eigenvalue weighted by Gasteiger charge is -2.21. The van der Waals surface area contributed by atoms with Crippen molar-refractivity contribution in [3.05, 3.63) is 34.9 Å². The predicted octanol–water partition coefficient (Wildman–Crippen LogP) is 2.25. The molecular weight excluding hydrogens is 244 g/mol. The van der Waals surface area contributed by atoms with E-state index in [4.69, 9.17) is 21.4 Å². The summed E-state index contributed by atoms with van der Waals surface area (Å²) in [5.74, 6) is -1.11. The number of rotatable bonds is 5. The van der Waals surface area contributed by atoms with Gasteiger partial charge in [0.2, 0.25) is 0 Å². The Kier molecular flexibility index (Phi) is 4.93. The average molecular weight is 259 g/mol. The molecule has 0 bridgehead atoms. The Balaban J connectivity index is 2.90. The van der Waals surface area contributed by atoms with Crippen LogP contribution in [0.5, 0.6) is 0 Å². The number of halogens is 1. The van der Waals surface area contributed by atoms with E-state index in [1.54, 1.807) is 32.0 Å². The van der Waals surface area contributed by atoms with E-state index >= 15 is 0 Å². The first-order valence-electron chi connectivity index (χ1n) is 5.23. The van der Waals surface area contributed by atoms with Crippen molar-refractivity contribution in [2.75, 3.05) is 0 Å². The van der Waals surface area contributed by atoms with Gasteiger partial charge in [-0.15, -0.1) is 0 Å². The first kappa shape index (κ1) is 14.0. The van der Waals surface area contributed by atoms with E-state index < -0.39 is 24.3 Å². The van der Waals surface area contributed by atoms with Gasteiger partial charge in [0.05, 0.1) is 12.2 Å². The highest BCUT2D eigenvalue weighted by Crippen LogP contribution is 2.23. The standard InChI is InChI=1S/C12H15ClO4/c1-7(14)8(2)17-11(12(15)16)9-4-3-5-10(13)6-9/h3-8,11,14H,1-2H3,(H,15,16). The summed E-state index contributed by atoms with van der Waals surface area (Å²) in [6.07, 6.45) is -2.44. The van der Waals surface area contributed by atoms with Gasteiger partial charge in [-0.3, -0.25) is 0 Å². The van der Waals surface area contributed by atoms with Gasteiger partial charge in [-0.25, -0.2) is 4.79 Å². The van der Waals surface area contributed by atoms with Crippen molar-refractivity contribution in [1.82, 2.24) is 0 Å². The summed E-state index contributed by atoms with van der Waals surface area (Å²) in [5.41, 5.74) is 0.456. The number of benzene rings is 1. The van der Waals surface area contributed by atoms with Crippen molar-refractivity contribution in [1.29, 1.82) is 0 Å². The average Bonchev–Trinajstić information content (AvgIpc) is 2.24. The smallest absolute Gasteiger partial charge is 0.337 e. The zero-order chi connectivity index (χ0) is 13.0. The molecule has 0 aromatic heterocycles. The molecule has 0 spiro atoms. The second-order valence-corrected chi connectivity index (χ2v) is 4.29. The summed E-state index contributed by atoms with van der Waals surface area (Å²) in [7, 11) is 0. The fourth-order valence-corrected chi connectivity index (χ4v) is 1.48. The third kappa shape index (κ3) is 4.00. The third-order valence-corrected chi connectivity index (χ3v) is 2.64. The Labute approximate surface area is 105 Å². The third-order valence-electron chi connectivity index (χ3n) is 2.41. The molecule has 0 aliphatic carbocycles. The molecule has 94 valence electrons. The molecule has 0 saturated carbocycles. The van der Waals surface area contributed by atoms with Gasteiger partial charge in [0.15, 0.2) is 6.10 Å². The molecule has 2 N–H and O–H groups in total. The van der Waals surface area contributed by atoms with Gasteiger partial charge in [0, 0.05) is 5.02 Å². The molecule has 0 saturated heterocycles. The molecule has 17 heavy (non-hydrogen) atoms. The largest absolute Gasteiger partial charge is 0.479 e. The molecule has 0 aliphatic rings. The maximum absolute atomic E-state index is 11.1. The summed E-state index contributed by atoms with van der Waals surface area (Å²) in [5, 5.41) is 18.9. The number of carboxylic acid groups (broad SMARTS) is 1. The van der Waals surface area contributed by atoms with E-state index in [-0.39, 0.29) is 0 Å². The van der Waals surface area contributed by atoms with E-state index in [0.29, 0.717) is 10.6 Å². The second kappa shape index (κ2) is 6.00. The van der Waals surface area contributed by atoms with Crippen molar-refractivity contribution in [2.45, 2.75) is 32.2 Å². The second-order valence-electron chi connectivity index (χ2n) is 3.86. The molecular formula is C12H15ClO4. The quantitative estimate of drug-likeness (QED) is 0.850. The summed E-state index contributed by atoms with van der Waals surface area (Å²) in [6, 6.07) is 6.47. The van der Waals surface area contributed by atoms with Gasteiger partial charge < -0.3 is 14.9 Å². The number of carbonyl (C=O) groups is 1. The summed E-state index contributed by atoms with van der Waals surface area (Å²) in [6.45, 7) is 3.16. The van der Waals surface area contributed by atoms with E-state index in [9.17, 15) is 9.90 Å². The van der Waals surface area contributed by atoms with Crippen molar-refractivity contribution >= 4 is 17.6 Å². The van der Waals surface area contributed by atoms with Crippen LogP contribution in [0.4, 0.5) is 0 Å². The molecule has 0 amide bonds. The van der Waals surface area contributed by atoms with Crippen molar-refractivity contribution < 1.29 is 19.7 Å². The van der Waals surface area contributed by atoms with Crippen LogP contribution in [0.2, 0.25) is 5.02 Å². The SMILES string of the molecule is CC(O)C(C)OC(C(=O)O)c1cccc(Cl)c1. The lowest BCUT2D eigenvalue weighted by Crippen LogP contribution is -2.28. The molecule has 0 aliphatic heterocycles. The minimum atomic E-state index is -1.13. The Hall–Kier alpha value is -1.10. The lowest BCUT2D eigenvalue weighted by atomic mass is 10.1. The number of aliphatic carboxylic acids is 1. The zero-order valence-electron chi connectivity index (χ0n) is 9.63. The van der Waals surface area contributed by atoms with Crippen LogP contribution in [0, 0.1) is 0 Å². The molecule has 3 unspecified atom stereocenters. The first-order valence-corrected chi connectivity index (χ1v) is 5.61. The molecule has 4 nitrogen and oxygen atoms in total.